The number of H-pyrrole nitrogens is 1. The van der Waals surface area contributed by atoms with Crippen LogP contribution >= 0.6 is 7.60 Å². The first-order chi connectivity index (χ1) is 14.8. The zero-order valence-corrected chi connectivity index (χ0v) is 21.5. The summed E-state index contributed by atoms with van der Waals surface area (Å²) in [6, 6.07) is 0.782. The molecule has 2 saturated heterocycles. The topological polar surface area (TPSA) is 118 Å². The maximum absolute atomic E-state index is 12.6. The number of aromatic amines is 1. The van der Waals surface area contributed by atoms with Crippen LogP contribution in [0, 0.1) is 0 Å². The maximum Gasteiger partial charge on any atom is 0.353 e. The molecule has 10 nitrogen and oxygen atoms in total. The van der Waals surface area contributed by atoms with Gasteiger partial charge in [0.1, 0.15) is 17.8 Å². The van der Waals surface area contributed by atoms with E-state index in [2.05, 4.69) is 38.8 Å². The Balaban J connectivity index is 2.04. The average molecular weight is 489 g/mol. The van der Waals surface area contributed by atoms with Crippen LogP contribution in [0.2, 0.25) is 18.1 Å². The van der Waals surface area contributed by atoms with Crippen molar-refractivity contribution in [3.8, 4) is 0 Å². The second kappa shape index (κ2) is 8.79. The lowest BCUT2D eigenvalue weighted by atomic mass is 9.90. The molecular formula is C20H33N2O8PSi. The largest absolute Gasteiger partial charge is 0.408 e. The molecule has 3 rings (SSSR count). The first-order valence-electron chi connectivity index (χ1n) is 10.4. The number of fused-ring (bicyclic) bond motifs is 2. The minimum Gasteiger partial charge on any atom is -0.408 e. The van der Waals surface area contributed by atoms with Crippen LogP contribution in [-0.4, -0.2) is 63.1 Å². The molecule has 32 heavy (non-hydrogen) atoms. The normalized spacial score (nSPS) is 29.0. The van der Waals surface area contributed by atoms with Gasteiger partial charge in [-0.1, -0.05) is 20.8 Å². The molecule has 2 bridgehead atoms. The van der Waals surface area contributed by atoms with Crippen LogP contribution in [0.3, 0.4) is 0 Å². The van der Waals surface area contributed by atoms with Crippen LogP contribution in [0.5, 0.6) is 0 Å². The number of hydrogen-bond donors (Lipinski definition) is 1. The third kappa shape index (κ3) is 4.65. The second-order valence-corrected chi connectivity index (χ2v) is 16.5. The highest BCUT2D eigenvalue weighted by Gasteiger charge is 2.59. The summed E-state index contributed by atoms with van der Waals surface area (Å²) in [7, 11) is -3.12. The van der Waals surface area contributed by atoms with Crippen molar-refractivity contribution < 1.29 is 27.5 Å². The number of nitrogens with zero attached hydrogens (tertiary/aromatic N) is 1. The van der Waals surface area contributed by atoms with Crippen molar-refractivity contribution in [1.29, 1.82) is 0 Å². The van der Waals surface area contributed by atoms with Gasteiger partial charge in [-0.2, -0.15) is 0 Å². The highest BCUT2D eigenvalue weighted by Crippen LogP contribution is 2.51. The van der Waals surface area contributed by atoms with E-state index in [-0.39, 0.29) is 18.3 Å². The van der Waals surface area contributed by atoms with Gasteiger partial charge in [-0.25, -0.2) is 4.79 Å². The summed E-state index contributed by atoms with van der Waals surface area (Å²) in [6.45, 7) is 10.9. The fourth-order valence-electron chi connectivity index (χ4n) is 3.64. The van der Waals surface area contributed by atoms with Crippen molar-refractivity contribution >= 4 is 15.9 Å². The van der Waals surface area contributed by atoms with Crippen molar-refractivity contribution in [2.45, 2.75) is 62.8 Å². The van der Waals surface area contributed by atoms with E-state index in [0.29, 0.717) is 0 Å². The highest BCUT2D eigenvalue weighted by atomic mass is 31.2. The molecule has 2 aliphatic rings. The van der Waals surface area contributed by atoms with E-state index in [0.717, 1.165) is 0 Å². The fraction of sp³-hybridized carbons (Fsp3) is 0.700. The van der Waals surface area contributed by atoms with E-state index in [1.54, 1.807) is 6.08 Å². The van der Waals surface area contributed by atoms with Gasteiger partial charge in [0.2, 0.25) is 0 Å². The summed E-state index contributed by atoms with van der Waals surface area (Å²) in [5.41, 5.74) is -2.04. The van der Waals surface area contributed by atoms with Crippen LogP contribution in [0.4, 0.5) is 0 Å². The molecule has 1 N–H and O–H groups in total. The van der Waals surface area contributed by atoms with Gasteiger partial charge in [-0.05, 0) is 24.2 Å². The third-order valence-corrected chi connectivity index (χ3v) is 12.7. The summed E-state index contributed by atoms with van der Waals surface area (Å²) in [5.74, 6) is 1.37. The van der Waals surface area contributed by atoms with Crippen LogP contribution in [0.15, 0.2) is 33.7 Å². The van der Waals surface area contributed by atoms with E-state index >= 15 is 0 Å². The van der Waals surface area contributed by atoms with Gasteiger partial charge in [-0.15, -0.1) is 0 Å². The minimum atomic E-state index is -3.44. The Morgan fingerprint density at radius 3 is 2.50 bits per heavy atom. The Kier molecular flexibility index (Phi) is 6.95. The summed E-state index contributed by atoms with van der Waals surface area (Å²) < 4.78 is 43.3. The molecule has 0 aliphatic carbocycles. The van der Waals surface area contributed by atoms with Crippen molar-refractivity contribution in [2.24, 2.45) is 0 Å². The molecule has 2 aliphatic heterocycles. The average Bonchev–Trinajstić information content (AvgIpc) is 2.92. The Bertz CT molecular complexity index is 1020. The van der Waals surface area contributed by atoms with Crippen LogP contribution < -0.4 is 11.2 Å². The van der Waals surface area contributed by atoms with Crippen molar-refractivity contribution in [3.63, 3.8) is 0 Å². The van der Waals surface area contributed by atoms with Gasteiger partial charge in [0.25, 0.3) is 5.56 Å². The molecule has 0 saturated carbocycles. The van der Waals surface area contributed by atoms with Gasteiger partial charge in [0.05, 0.1) is 19.3 Å². The van der Waals surface area contributed by atoms with Crippen LogP contribution in [-0.2, 0) is 27.5 Å². The van der Waals surface area contributed by atoms with Crippen LogP contribution in [0.25, 0.3) is 0 Å². The van der Waals surface area contributed by atoms with E-state index < -0.39 is 51.0 Å². The predicted molar refractivity (Wildman–Crippen MR) is 122 cm³/mol. The van der Waals surface area contributed by atoms with Gasteiger partial charge in [0, 0.05) is 32.3 Å². The Hall–Kier alpha value is -1.33. The smallest absolute Gasteiger partial charge is 0.353 e. The van der Waals surface area contributed by atoms with Crippen LogP contribution in [0.1, 0.15) is 26.8 Å². The van der Waals surface area contributed by atoms with E-state index in [9.17, 15) is 14.2 Å². The summed E-state index contributed by atoms with van der Waals surface area (Å²) in [4.78, 5) is 26.3. The molecule has 4 atom stereocenters. The van der Waals surface area contributed by atoms with E-state index in [1.807, 2.05) is 0 Å². The molecule has 0 spiro atoms. The molecule has 180 valence electrons. The quantitative estimate of drug-likeness (QED) is 0.460. The van der Waals surface area contributed by atoms with E-state index in [1.165, 1.54) is 36.9 Å². The maximum atomic E-state index is 12.6. The molecular weight excluding hydrogens is 455 g/mol. The Morgan fingerprint density at radius 2 is 1.94 bits per heavy atom. The molecule has 0 amide bonds. The van der Waals surface area contributed by atoms with E-state index in [4.69, 9.17) is 22.9 Å². The summed E-state index contributed by atoms with van der Waals surface area (Å²) >= 11 is 0. The summed E-state index contributed by atoms with van der Waals surface area (Å²) in [5, 5.41) is -0.0898. The fourth-order valence-corrected chi connectivity index (χ4v) is 5.79. The van der Waals surface area contributed by atoms with Crippen molar-refractivity contribution in [2.75, 3.05) is 27.4 Å². The number of ether oxygens (including phenoxy) is 2. The Morgan fingerprint density at radius 1 is 1.28 bits per heavy atom. The molecule has 0 aromatic carbocycles. The monoisotopic (exact) mass is 488 g/mol. The number of hydrogen-bond acceptors (Lipinski definition) is 8. The number of aromatic nitrogens is 2. The van der Waals surface area contributed by atoms with Crippen molar-refractivity contribution in [3.05, 3.63) is 45.0 Å². The lowest BCUT2D eigenvalue weighted by Gasteiger charge is -2.47. The molecule has 1 aromatic rings. The molecule has 3 heterocycles. The van der Waals surface area contributed by atoms with Gasteiger partial charge >= 0.3 is 13.3 Å². The number of nitrogens with one attached hydrogen (secondary N) is 1. The molecule has 0 unspecified atom stereocenters. The van der Waals surface area contributed by atoms with Gasteiger partial charge < -0.3 is 22.9 Å². The molecule has 2 fully saturated rings. The predicted octanol–water partition coefficient (Wildman–Crippen LogP) is 2.64. The second-order valence-electron chi connectivity index (χ2n) is 9.65. The summed E-state index contributed by atoms with van der Waals surface area (Å²) in [6.07, 6.45) is 1.99. The van der Waals surface area contributed by atoms with Gasteiger partial charge in [-0.3, -0.25) is 18.9 Å². The molecule has 12 heteroatoms. The standard InChI is InChI=1S/C20H33N2O8PSi/c1-19(2,3)32(6,7)30-17-16-14(22-10-8-15(23)21-18(22)24)12-29-20(17,13-28-16)9-11-31(25,26-4)27-5/h8-11,14,16-17H,12-13H2,1-7H3,(H,21,23,24)/b11-9+/t14-,16+,17+,20+/m1/s1. The first kappa shape index (κ1) is 25.3. The lowest BCUT2D eigenvalue weighted by Crippen LogP contribution is -2.59. The van der Waals surface area contributed by atoms with Crippen molar-refractivity contribution in [1.82, 2.24) is 9.55 Å². The molecule has 0 radical (unpaired) electrons. The molecule has 1 aromatic heterocycles. The first-order valence-corrected chi connectivity index (χ1v) is 15.0. The lowest BCUT2D eigenvalue weighted by molar-refractivity contribution is -0.119. The third-order valence-electron chi connectivity index (χ3n) is 6.67. The van der Waals surface area contributed by atoms with Gasteiger partial charge in [0.15, 0.2) is 8.32 Å². The number of rotatable bonds is 7. The SMILES string of the molecule is COP(=O)(/C=C/[C@@]12CO[C@@H]([C@H](n3ccc(=O)[nH]c3=O)CO1)[C@@H]2O[Si](C)(C)C(C)(C)C)OC. The zero-order chi connectivity index (χ0) is 23.9. The zero-order valence-electron chi connectivity index (χ0n) is 19.6. The minimum absolute atomic E-state index is 0.0898. The highest BCUT2D eigenvalue weighted by molar-refractivity contribution is 7.57. The Labute approximate surface area is 188 Å².